The summed E-state index contributed by atoms with van der Waals surface area (Å²) in [6.45, 7) is 4.63. The quantitative estimate of drug-likeness (QED) is 0.0593. The summed E-state index contributed by atoms with van der Waals surface area (Å²) in [7, 11) is 0. The van der Waals surface area contributed by atoms with Crippen LogP contribution in [0.4, 0.5) is 0 Å². The normalized spacial score (nSPS) is 16.4. The lowest BCUT2D eigenvalue weighted by Gasteiger charge is -2.35. The molecule has 0 heteroatoms. The van der Waals surface area contributed by atoms with Crippen LogP contribution in [0, 0.1) is 11.8 Å². The van der Waals surface area contributed by atoms with Crippen LogP contribution in [0.3, 0.4) is 0 Å². The minimum Gasteiger partial charge on any atom is -0.0654 e. The Balaban J connectivity index is 1.65. The second-order valence-electron chi connectivity index (χ2n) is 16.2. The molecular formula is C45H90. The first kappa shape index (κ1) is 43.0. The Labute approximate surface area is 288 Å². The first-order chi connectivity index (χ1) is 22.4. The lowest BCUT2D eigenvalue weighted by molar-refractivity contribution is 0.163. The third kappa shape index (κ3) is 32.3. The molecule has 1 aliphatic rings. The second kappa shape index (κ2) is 36.8. The highest BCUT2D eigenvalue weighted by atomic mass is 14.3. The standard InChI is InChI=1S/C45H90/c1-3-5-7-9-11-13-15-17-19-21-22-23-25-27-29-31-33-35-37-39-41-45-42-44(43-45)40-38-36-34-32-30-28-26-24-20-18-16-14-12-10-8-6-4-2/h44-45H,3-43H2,1-2H3. The highest BCUT2D eigenvalue weighted by Crippen LogP contribution is 2.40. The predicted molar refractivity (Wildman–Crippen MR) is 208 cm³/mol. The highest BCUT2D eigenvalue weighted by molar-refractivity contribution is 4.79. The molecule has 0 amide bonds. The zero-order valence-electron chi connectivity index (χ0n) is 32.1. The number of rotatable bonds is 39. The van der Waals surface area contributed by atoms with Gasteiger partial charge in [-0.05, 0) is 24.7 Å². The molecule has 0 unspecified atom stereocenters. The Morgan fingerprint density at radius 2 is 0.378 bits per heavy atom. The van der Waals surface area contributed by atoms with E-state index in [2.05, 4.69) is 13.8 Å². The third-order valence-electron chi connectivity index (χ3n) is 11.5. The molecule has 0 heterocycles. The Hall–Kier alpha value is 0. The lowest BCUT2D eigenvalue weighted by Crippen LogP contribution is -2.23. The summed E-state index contributed by atoms with van der Waals surface area (Å²) in [5, 5.41) is 0. The van der Waals surface area contributed by atoms with E-state index in [1.807, 2.05) is 0 Å². The average molecular weight is 631 g/mol. The van der Waals surface area contributed by atoms with Crippen LogP contribution in [-0.2, 0) is 0 Å². The second-order valence-corrected chi connectivity index (χ2v) is 16.2. The van der Waals surface area contributed by atoms with Gasteiger partial charge in [0.2, 0.25) is 0 Å². The van der Waals surface area contributed by atoms with Crippen LogP contribution in [0.2, 0.25) is 0 Å². The largest absolute Gasteiger partial charge is 0.0654 e. The molecule has 0 N–H and O–H groups in total. The van der Waals surface area contributed by atoms with E-state index in [9.17, 15) is 0 Å². The van der Waals surface area contributed by atoms with Gasteiger partial charge in [0.05, 0.1) is 0 Å². The van der Waals surface area contributed by atoms with E-state index >= 15 is 0 Å². The van der Waals surface area contributed by atoms with Crippen molar-refractivity contribution in [2.75, 3.05) is 0 Å². The van der Waals surface area contributed by atoms with Crippen molar-refractivity contribution in [3.05, 3.63) is 0 Å². The summed E-state index contributed by atoms with van der Waals surface area (Å²) >= 11 is 0. The van der Waals surface area contributed by atoms with Gasteiger partial charge in [0, 0.05) is 0 Å². The van der Waals surface area contributed by atoms with E-state index in [1.54, 1.807) is 25.7 Å². The van der Waals surface area contributed by atoms with Gasteiger partial charge in [-0.1, -0.05) is 264 Å². The Kier molecular flexibility index (Phi) is 35.2. The molecule has 270 valence electrons. The van der Waals surface area contributed by atoms with E-state index < -0.39 is 0 Å². The molecular weight excluding hydrogens is 540 g/mol. The maximum atomic E-state index is 2.31. The molecule has 0 aromatic carbocycles. The van der Waals surface area contributed by atoms with Gasteiger partial charge in [-0.3, -0.25) is 0 Å². The number of hydrogen-bond acceptors (Lipinski definition) is 0. The molecule has 0 radical (unpaired) electrons. The van der Waals surface area contributed by atoms with Crippen molar-refractivity contribution in [2.24, 2.45) is 11.8 Å². The first-order valence-electron chi connectivity index (χ1n) is 22.4. The van der Waals surface area contributed by atoms with Gasteiger partial charge in [0.15, 0.2) is 0 Å². The van der Waals surface area contributed by atoms with Crippen LogP contribution in [0.15, 0.2) is 0 Å². The lowest BCUT2D eigenvalue weighted by atomic mass is 9.70. The fraction of sp³-hybridized carbons (Fsp3) is 1.00. The third-order valence-corrected chi connectivity index (χ3v) is 11.5. The maximum absolute atomic E-state index is 2.31. The van der Waals surface area contributed by atoms with E-state index in [-0.39, 0.29) is 0 Å². The van der Waals surface area contributed by atoms with Crippen molar-refractivity contribution >= 4 is 0 Å². The SMILES string of the molecule is CCCCCCCCCCCCCCCCCCCCCCC1CC(CCCCCCCCCCCCCCCCCCC)C1. The molecule has 0 atom stereocenters. The smallest absolute Gasteiger partial charge is 0.0409 e. The number of unbranched alkanes of at least 4 members (excludes halogenated alkanes) is 35. The molecule has 1 fully saturated rings. The van der Waals surface area contributed by atoms with Crippen LogP contribution in [-0.4, -0.2) is 0 Å². The van der Waals surface area contributed by atoms with Crippen LogP contribution in [0.5, 0.6) is 0 Å². The molecule has 0 aromatic rings. The molecule has 0 aromatic heterocycles. The molecule has 0 spiro atoms. The maximum Gasteiger partial charge on any atom is -0.0409 e. The monoisotopic (exact) mass is 631 g/mol. The average Bonchev–Trinajstić information content (AvgIpc) is 3.03. The molecule has 1 rings (SSSR count). The zero-order chi connectivity index (χ0) is 32.1. The summed E-state index contributed by atoms with van der Waals surface area (Å²) < 4.78 is 0. The van der Waals surface area contributed by atoms with E-state index in [1.165, 1.54) is 238 Å². The van der Waals surface area contributed by atoms with Crippen molar-refractivity contribution in [3.63, 3.8) is 0 Å². The van der Waals surface area contributed by atoms with Crippen molar-refractivity contribution in [2.45, 2.75) is 277 Å². The minimum absolute atomic E-state index is 1.11. The summed E-state index contributed by atoms with van der Waals surface area (Å²) in [4.78, 5) is 0. The summed E-state index contributed by atoms with van der Waals surface area (Å²) in [6.07, 6.45) is 61.3. The van der Waals surface area contributed by atoms with Crippen LogP contribution < -0.4 is 0 Å². The number of hydrogen-bond donors (Lipinski definition) is 0. The van der Waals surface area contributed by atoms with Crippen LogP contribution >= 0.6 is 0 Å². The highest BCUT2D eigenvalue weighted by Gasteiger charge is 2.27. The van der Waals surface area contributed by atoms with Crippen molar-refractivity contribution in [3.8, 4) is 0 Å². The Bertz CT molecular complexity index is 516. The summed E-state index contributed by atoms with van der Waals surface area (Å²) in [5.74, 6) is 2.22. The first-order valence-corrected chi connectivity index (χ1v) is 22.4. The molecule has 0 saturated heterocycles. The predicted octanol–water partition coefficient (Wildman–Crippen LogP) is 17.3. The van der Waals surface area contributed by atoms with Gasteiger partial charge < -0.3 is 0 Å². The van der Waals surface area contributed by atoms with Gasteiger partial charge in [-0.2, -0.15) is 0 Å². The van der Waals surface area contributed by atoms with E-state index in [0.717, 1.165) is 11.8 Å². The van der Waals surface area contributed by atoms with Crippen LogP contribution in [0.1, 0.15) is 277 Å². The molecule has 0 nitrogen and oxygen atoms in total. The van der Waals surface area contributed by atoms with Crippen molar-refractivity contribution < 1.29 is 0 Å². The van der Waals surface area contributed by atoms with Gasteiger partial charge in [0.25, 0.3) is 0 Å². The Morgan fingerprint density at radius 3 is 0.556 bits per heavy atom. The molecule has 45 heavy (non-hydrogen) atoms. The summed E-state index contributed by atoms with van der Waals surface area (Å²) in [6, 6.07) is 0. The van der Waals surface area contributed by atoms with E-state index in [0.29, 0.717) is 0 Å². The van der Waals surface area contributed by atoms with Gasteiger partial charge in [-0.25, -0.2) is 0 Å². The molecule has 1 saturated carbocycles. The fourth-order valence-electron chi connectivity index (χ4n) is 8.19. The van der Waals surface area contributed by atoms with Crippen molar-refractivity contribution in [1.29, 1.82) is 0 Å². The zero-order valence-corrected chi connectivity index (χ0v) is 32.1. The topological polar surface area (TPSA) is 0 Å². The minimum atomic E-state index is 1.11. The van der Waals surface area contributed by atoms with Crippen LogP contribution in [0.25, 0.3) is 0 Å². The van der Waals surface area contributed by atoms with Gasteiger partial charge in [0.1, 0.15) is 0 Å². The van der Waals surface area contributed by atoms with Gasteiger partial charge in [-0.15, -0.1) is 0 Å². The van der Waals surface area contributed by atoms with E-state index in [4.69, 9.17) is 0 Å². The molecule has 0 aliphatic heterocycles. The Morgan fingerprint density at radius 1 is 0.222 bits per heavy atom. The molecule has 0 bridgehead atoms. The fourth-order valence-corrected chi connectivity index (χ4v) is 8.19. The van der Waals surface area contributed by atoms with Crippen molar-refractivity contribution in [1.82, 2.24) is 0 Å². The summed E-state index contributed by atoms with van der Waals surface area (Å²) in [5.41, 5.74) is 0. The molecule has 1 aliphatic carbocycles. The van der Waals surface area contributed by atoms with Gasteiger partial charge >= 0.3 is 0 Å².